The molecule has 40 heavy (non-hydrogen) atoms. The number of nitrogens with one attached hydrogen (secondary N) is 1. The number of aromatic nitrogens is 2. The van der Waals surface area contributed by atoms with Crippen LogP contribution >= 0.6 is 21.6 Å². The lowest BCUT2D eigenvalue weighted by atomic mass is 9.85. The molecule has 3 aromatic rings. The van der Waals surface area contributed by atoms with Gasteiger partial charge in [0.25, 0.3) is 5.56 Å². The number of fused-ring (bicyclic) bond motifs is 5. The number of cyclic esters (lactones) is 1. The van der Waals surface area contributed by atoms with E-state index >= 15 is 0 Å². The molecule has 0 spiro atoms. The van der Waals surface area contributed by atoms with Crippen LogP contribution in [-0.2, 0) is 42.6 Å². The maximum absolute atomic E-state index is 13.6. The minimum absolute atomic E-state index is 0.0185. The number of carbonyl (C=O) groups is 4. The van der Waals surface area contributed by atoms with Crippen molar-refractivity contribution in [3.63, 3.8) is 0 Å². The minimum atomic E-state index is -1.85. The first-order chi connectivity index (χ1) is 19.3. The molecule has 0 radical (unpaired) electrons. The van der Waals surface area contributed by atoms with E-state index < -0.39 is 17.7 Å². The van der Waals surface area contributed by atoms with E-state index in [1.807, 2.05) is 30.3 Å². The van der Waals surface area contributed by atoms with Gasteiger partial charge in [-0.1, -0.05) is 46.7 Å². The van der Waals surface area contributed by atoms with Crippen molar-refractivity contribution in [1.82, 2.24) is 19.8 Å². The number of hydrogen-bond donors (Lipinski definition) is 1. The van der Waals surface area contributed by atoms with E-state index in [4.69, 9.17) is 14.5 Å². The Bertz CT molecular complexity index is 1640. The molecular weight excluding hydrogens is 556 g/mol. The Morgan fingerprint density at radius 2 is 1.88 bits per heavy atom. The smallest absolute Gasteiger partial charge is 0.408 e. The van der Waals surface area contributed by atoms with Gasteiger partial charge in [-0.2, -0.15) is 0 Å². The second-order valence-electron chi connectivity index (χ2n) is 9.54. The third-order valence-electron chi connectivity index (χ3n) is 7.31. The van der Waals surface area contributed by atoms with E-state index in [9.17, 15) is 24.0 Å². The Labute approximate surface area is 236 Å². The molecule has 13 heteroatoms. The van der Waals surface area contributed by atoms with Crippen molar-refractivity contribution in [3.05, 3.63) is 63.4 Å². The van der Waals surface area contributed by atoms with Crippen LogP contribution in [0.3, 0.4) is 0 Å². The number of rotatable bonds is 5. The van der Waals surface area contributed by atoms with E-state index in [1.54, 1.807) is 17.6 Å². The zero-order valence-corrected chi connectivity index (χ0v) is 23.1. The van der Waals surface area contributed by atoms with Gasteiger partial charge < -0.3 is 19.4 Å². The topological polar surface area (TPSA) is 137 Å². The summed E-state index contributed by atoms with van der Waals surface area (Å²) in [5.74, 6) is -1.12. The summed E-state index contributed by atoms with van der Waals surface area (Å²) in [6.45, 7) is 1.66. The van der Waals surface area contributed by atoms with Gasteiger partial charge in [-0.05, 0) is 24.6 Å². The number of amides is 3. The summed E-state index contributed by atoms with van der Waals surface area (Å²) in [7, 11) is 2.61. The maximum Gasteiger partial charge on any atom is 0.408 e. The van der Waals surface area contributed by atoms with Crippen LogP contribution in [0.5, 0.6) is 0 Å². The summed E-state index contributed by atoms with van der Waals surface area (Å²) in [5, 5.41) is 3.48. The van der Waals surface area contributed by atoms with Crippen LogP contribution < -0.4 is 10.9 Å². The van der Waals surface area contributed by atoms with Gasteiger partial charge in [-0.25, -0.2) is 14.6 Å². The van der Waals surface area contributed by atoms with E-state index in [2.05, 4.69) is 5.32 Å². The van der Waals surface area contributed by atoms with Gasteiger partial charge in [-0.3, -0.25) is 19.3 Å². The van der Waals surface area contributed by atoms with Gasteiger partial charge in [0.15, 0.2) is 0 Å². The number of imide groups is 1. The molecule has 1 atom stereocenters. The number of benzene rings is 1. The summed E-state index contributed by atoms with van der Waals surface area (Å²) < 4.78 is 12.7. The normalized spacial score (nSPS) is 19.9. The van der Waals surface area contributed by atoms with Gasteiger partial charge in [0, 0.05) is 29.6 Å². The minimum Gasteiger partial charge on any atom is -0.457 e. The zero-order chi connectivity index (χ0) is 28.0. The molecular formula is C27H24N4O7S2. The van der Waals surface area contributed by atoms with Crippen molar-refractivity contribution in [2.75, 3.05) is 24.6 Å². The highest BCUT2D eigenvalue weighted by molar-refractivity contribution is 8.77. The van der Waals surface area contributed by atoms with Crippen LogP contribution in [-0.4, -0.2) is 62.9 Å². The molecule has 1 saturated heterocycles. The van der Waals surface area contributed by atoms with Crippen LogP contribution in [0, 0.1) is 0 Å². The van der Waals surface area contributed by atoms with Gasteiger partial charge >= 0.3 is 12.1 Å². The van der Waals surface area contributed by atoms with Crippen LogP contribution in [0.4, 0.5) is 4.79 Å². The Kier molecular flexibility index (Phi) is 6.78. The van der Waals surface area contributed by atoms with E-state index in [1.165, 1.54) is 21.6 Å². The SMILES string of the molecule is CC[C@@]1(OC(=O)NCCN2C(=O)CSSCC2=O)C(=O)OCc2c1cc1n(c2=O)Cc2cc3ccccc3nc2-1. The predicted molar refractivity (Wildman–Crippen MR) is 148 cm³/mol. The Balaban J connectivity index is 1.30. The largest absolute Gasteiger partial charge is 0.457 e. The molecule has 0 bridgehead atoms. The molecule has 0 aliphatic carbocycles. The quantitative estimate of drug-likeness (QED) is 0.213. The average Bonchev–Trinajstić information content (AvgIpc) is 3.22. The standard InChI is InChI=1S/C27H24N4O7S2/c1-2-27(38-26(36)28-7-8-30-21(32)13-39-40-14-22(30)33)18-10-20-23-16(9-15-5-3-4-6-19(15)29-23)11-31(20)24(34)17(18)12-37-25(27)35/h3-6,9-10H,2,7-8,11-14H2,1H3,(H,28,36)/t27-/m0/s1. The highest BCUT2D eigenvalue weighted by Gasteiger charge is 2.50. The molecule has 3 amide bonds. The number of nitrogens with zero attached hydrogens (tertiary/aromatic N) is 3. The lowest BCUT2D eigenvalue weighted by Crippen LogP contribution is -2.50. The molecule has 2 aromatic heterocycles. The first-order valence-corrected chi connectivity index (χ1v) is 15.2. The Morgan fingerprint density at radius 3 is 2.62 bits per heavy atom. The molecule has 3 aliphatic rings. The summed E-state index contributed by atoms with van der Waals surface area (Å²) in [5.41, 5.74) is 1.14. The summed E-state index contributed by atoms with van der Waals surface area (Å²) >= 11 is 0. The number of ether oxygens (including phenoxy) is 2. The van der Waals surface area contributed by atoms with E-state index in [0.29, 0.717) is 17.9 Å². The monoisotopic (exact) mass is 580 g/mol. The number of hydrogen-bond acceptors (Lipinski definition) is 10. The third-order valence-corrected chi connectivity index (χ3v) is 9.41. The number of carbonyl (C=O) groups excluding carboxylic acids is 4. The zero-order valence-electron chi connectivity index (χ0n) is 21.4. The fraction of sp³-hybridized carbons (Fsp3) is 0.333. The van der Waals surface area contributed by atoms with Crippen LogP contribution in [0.2, 0.25) is 0 Å². The van der Waals surface area contributed by atoms with Gasteiger partial charge in [0.05, 0.1) is 40.5 Å². The molecule has 11 nitrogen and oxygen atoms in total. The molecule has 1 fully saturated rings. The van der Waals surface area contributed by atoms with Crippen LogP contribution in [0.15, 0.2) is 41.2 Å². The number of alkyl carbamates (subject to hydrolysis) is 1. The second-order valence-corrected chi connectivity index (χ2v) is 12.0. The molecule has 3 aliphatic heterocycles. The third kappa shape index (κ3) is 4.33. The maximum atomic E-state index is 13.6. The first-order valence-electron chi connectivity index (χ1n) is 12.7. The molecule has 0 saturated carbocycles. The summed E-state index contributed by atoms with van der Waals surface area (Å²) in [6, 6.07) is 11.4. The van der Waals surface area contributed by atoms with Crippen molar-refractivity contribution in [2.24, 2.45) is 0 Å². The molecule has 6 rings (SSSR count). The van der Waals surface area contributed by atoms with Crippen LogP contribution in [0.25, 0.3) is 22.3 Å². The molecule has 5 heterocycles. The number of esters is 1. The lowest BCUT2D eigenvalue weighted by Gasteiger charge is -2.35. The molecule has 1 N–H and O–H groups in total. The molecule has 0 unspecified atom stereocenters. The van der Waals surface area contributed by atoms with Crippen molar-refractivity contribution in [3.8, 4) is 11.4 Å². The summed E-state index contributed by atoms with van der Waals surface area (Å²) in [6.07, 6.45) is -0.916. The van der Waals surface area contributed by atoms with Crippen molar-refractivity contribution in [1.29, 1.82) is 0 Å². The van der Waals surface area contributed by atoms with E-state index in [0.717, 1.165) is 21.4 Å². The fourth-order valence-corrected chi connectivity index (χ4v) is 7.06. The average molecular weight is 581 g/mol. The molecule has 1 aromatic carbocycles. The lowest BCUT2D eigenvalue weighted by molar-refractivity contribution is -0.172. The van der Waals surface area contributed by atoms with Gasteiger partial charge in [0.1, 0.15) is 6.61 Å². The van der Waals surface area contributed by atoms with Gasteiger partial charge in [0.2, 0.25) is 17.4 Å². The first kappa shape index (κ1) is 26.4. The Morgan fingerprint density at radius 1 is 1.12 bits per heavy atom. The van der Waals surface area contributed by atoms with Gasteiger partial charge in [-0.15, -0.1) is 0 Å². The Hall–Kier alpha value is -3.84. The van der Waals surface area contributed by atoms with E-state index in [-0.39, 0.29) is 66.1 Å². The summed E-state index contributed by atoms with van der Waals surface area (Å²) in [4.78, 5) is 70.0. The van der Waals surface area contributed by atoms with Crippen molar-refractivity contribution in [2.45, 2.75) is 32.1 Å². The fourth-order valence-electron chi connectivity index (χ4n) is 5.28. The molecule has 206 valence electrons. The van der Waals surface area contributed by atoms with Crippen LogP contribution in [0.1, 0.15) is 30.0 Å². The second kappa shape index (κ2) is 10.3. The number of pyridine rings is 2. The van der Waals surface area contributed by atoms with Crippen molar-refractivity contribution >= 4 is 56.4 Å². The van der Waals surface area contributed by atoms with Crippen molar-refractivity contribution < 1.29 is 28.7 Å². The predicted octanol–water partition coefficient (Wildman–Crippen LogP) is 2.56. The highest BCUT2D eigenvalue weighted by Crippen LogP contribution is 2.41. The number of para-hydroxylation sites is 1. The highest BCUT2D eigenvalue weighted by atomic mass is 33.1.